The molecule has 1 atom stereocenters. The first-order chi connectivity index (χ1) is 12.7. The van der Waals surface area contributed by atoms with Gasteiger partial charge < -0.3 is 4.90 Å². The lowest BCUT2D eigenvalue weighted by atomic mass is 9.77. The first-order valence-corrected chi connectivity index (χ1v) is 10.6. The van der Waals surface area contributed by atoms with Crippen LogP contribution < -0.4 is 0 Å². The number of hydrogen-bond donors (Lipinski definition) is 0. The summed E-state index contributed by atoms with van der Waals surface area (Å²) in [6.07, 6.45) is 6.30. The van der Waals surface area contributed by atoms with Crippen molar-refractivity contribution in [1.29, 1.82) is 0 Å². The van der Waals surface area contributed by atoms with Gasteiger partial charge in [0.15, 0.2) is 5.82 Å². The second-order valence-corrected chi connectivity index (χ2v) is 8.54. The molecule has 1 unspecified atom stereocenters. The first-order valence-electron chi connectivity index (χ1n) is 9.49. The van der Waals surface area contributed by atoms with Gasteiger partial charge in [-0.1, -0.05) is 37.3 Å². The van der Waals surface area contributed by atoms with Gasteiger partial charge in [-0.15, -0.1) is 0 Å². The number of carbonyl (C=O) groups is 1. The molecule has 1 aliphatic carbocycles. The van der Waals surface area contributed by atoms with E-state index in [0.717, 1.165) is 55.9 Å². The zero-order valence-electron chi connectivity index (χ0n) is 15.3. The van der Waals surface area contributed by atoms with Crippen LogP contribution >= 0.6 is 11.8 Å². The topological polar surface area (TPSA) is 46.1 Å². The number of benzene rings is 1. The van der Waals surface area contributed by atoms with Crippen molar-refractivity contribution in [2.45, 2.75) is 38.0 Å². The Morgan fingerprint density at radius 3 is 2.92 bits per heavy atom. The number of carbonyl (C=O) groups excluding carboxylic acids is 1. The number of aromatic nitrogens is 2. The van der Waals surface area contributed by atoms with Gasteiger partial charge in [0.05, 0.1) is 11.4 Å². The Bertz CT molecular complexity index is 791. The van der Waals surface area contributed by atoms with Crippen LogP contribution in [0.15, 0.2) is 36.5 Å². The molecule has 4 nitrogen and oxygen atoms in total. The Morgan fingerprint density at radius 2 is 2.12 bits per heavy atom. The minimum atomic E-state index is 0.0204. The number of piperidine rings is 1. The molecule has 5 heteroatoms. The largest absolute Gasteiger partial charge is 0.341 e. The van der Waals surface area contributed by atoms with E-state index in [2.05, 4.69) is 28.9 Å². The molecule has 1 aromatic heterocycles. The molecule has 1 aromatic carbocycles. The summed E-state index contributed by atoms with van der Waals surface area (Å²) in [4.78, 5) is 24.2. The highest BCUT2D eigenvalue weighted by Crippen LogP contribution is 2.44. The third-order valence-corrected chi connectivity index (χ3v) is 6.49. The number of fused-ring (bicyclic) bond motifs is 2. The smallest absolute Gasteiger partial charge is 0.232 e. The van der Waals surface area contributed by atoms with Crippen LogP contribution in [0.1, 0.15) is 37.4 Å². The number of thioether (sulfide) groups is 1. The summed E-state index contributed by atoms with van der Waals surface area (Å²) in [6.45, 7) is 3.80. The van der Waals surface area contributed by atoms with E-state index in [9.17, 15) is 4.79 Å². The lowest BCUT2D eigenvalue weighted by Crippen LogP contribution is -2.48. The number of rotatable bonds is 4. The van der Waals surface area contributed by atoms with E-state index in [1.54, 1.807) is 11.8 Å². The van der Waals surface area contributed by atoms with Crippen LogP contribution in [0.25, 0.3) is 11.4 Å². The SMILES string of the molecule is CCSCC(=O)N1CCCC2(CCc3cnc(-c4ccccc4)nc32)C1. The van der Waals surface area contributed by atoms with Gasteiger partial charge in [-0.05, 0) is 37.0 Å². The maximum absolute atomic E-state index is 12.6. The molecule has 2 heterocycles. The van der Waals surface area contributed by atoms with Gasteiger partial charge in [-0.25, -0.2) is 9.97 Å². The molecule has 0 radical (unpaired) electrons. The van der Waals surface area contributed by atoms with E-state index in [1.165, 1.54) is 11.3 Å². The van der Waals surface area contributed by atoms with Gasteiger partial charge in [-0.3, -0.25) is 4.79 Å². The predicted octanol–water partition coefficient (Wildman–Crippen LogP) is 3.70. The molecule has 0 N–H and O–H groups in total. The van der Waals surface area contributed by atoms with Crippen molar-refractivity contribution in [2.24, 2.45) is 0 Å². The summed E-state index contributed by atoms with van der Waals surface area (Å²) < 4.78 is 0. The van der Waals surface area contributed by atoms with Crippen LogP contribution in [0.4, 0.5) is 0 Å². The van der Waals surface area contributed by atoms with Crippen molar-refractivity contribution < 1.29 is 4.79 Å². The lowest BCUT2D eigenvalue weighted by molar-refractivity contribution is -0.130. The van der Waals surface area contributed by atoms with Crippen LogP contribution in [0.5, 0.6) is 0 Å². The van der Waals surface area contributed by atoms with E-state index in [1.807, 2.05) is 24.4 Å². The van der Waals surface area contributed by atoms with Crippen LogP contribution in [-0.2, 0) is 16.6 Å². The Balaban J connectivity index is 1.62. The molecule has 1 saturated heterocycles. The Kier molecular flexibility index (Phi) is 4.98. The molecule has 1 fully saturated rings. The summed E-state index contributed by atoms with van der Waals surface area (Å²) >= 11 is 1.71. The van der Waals surface area contributed by atoms with Gasteiger partial charge in [0.2, 0.25) is 5.91 Å². The quantitative estimate of drug-likeness (QED) is 0.827. The van der Waals surface area contributed by atoms with Crippen LogP contribution in [0, 0.1) is 0 Å². The van der Waals surface area contributed by atoms with Crippen molar-refractivity contribution in [3.05, 3.63) is 47.8 Å². The highest BCUT2D eigenvalue weighted by molar-refractivity contribution is 7.99. The zero-order valence-corrected chi connectivity index (χ0v) is 16.1. The Labute approximate surface area is 159 Å². The molecule has 1 amide bonds. The molecule has 0 saturated carbocycles. The fourth-order valence-corrected chi connectivity index (χ4v) is 4.85. The maximum atomic E-state index is 12.6. The molecule has 2 aromatic rings. The van der Waals surface area contributed by atoms with Crippen LogP contribution in [-0.4, -0.2) is 45.4 Å². The predicted molar refractivity (Wildman–Crippen MR) is 106 cm³/mol. The van der Waals surface area contributed by atoms with Gasteiger partial charge in [0.1, 0.15) is 0 Å². The highest BCUT2D eigenvalue weighted by atomic mass is 32.2. The van der Waals surface area contributed by atoms with Gasteiger partial charge in [-0.2, -0.15) is 11.8 Å². The van der Waals surface area contributed by atoms with Crippen molar-refractivity contribution in [1.82, 2.24) is 14.9 Å². The fourth-order valence-electron chi connectivity index (χ4n) is 4.29. The average Bonchev–Trinajstić information content (AvgIpc) is 3.04. The zero-order chi connectivity index (χ0) is 18.0. The summed E-state index contributed by atoms with van der Waals surface area (Å²) in [5.41, 5.74) is 3.53. The summed E-state index contributed by atoms with van der Waals surface area (Å²) in [5, 5.41) is 0. The first kappa shape index (κ1) is 17.5. The van der Waals surface area contributed by atoms with Gasteiger partial charge in [0, 0.05) is 30.3 Å². The maximum Gasteiger partial charge on any atom is 0.232 e. The van der Waals surface area contributed by atoms with E-state index in [0.29, 0.717) is 5.75 Å². The second-order valence-electron chi connectivity index (χ2n) is 7.27. The Hall–Kier alpha value is -1.88. The number of amides is 1. The van der Waals surface area contributed by atoms with Crippen molar-refractivity contribution in [2.75, 3.05) is 24.6 Å². The molecule has 1 spiro atoms. The molecular formula is C21H25N3OS. The Morgan fingerprint density at radius 1 is 1.27 bits per heavy atom. The van der Waals surface area contributed by atoms with Crippen molar-refractivity contribution in [3.63, 3.8) is 0 Å². The standard InChI is InChI=1S/C21H25N3OS/c1-2-26-14-18(25)24-12-6-10-21(15-24)11-9-17-13-22-20(23-19(17)21)16-7-4-3-5-8-16/h3-5,7-8,13H,2,6,9-12,14-15H2,1H3. The van der Waals surface area contributed by atoms with E-state index < -0.39 is 0 Å². The second kappa shape index (κ2) is 7.39. The number of hydrogen-bond acceptors (Lipinski definition) is 4. The fraction of sp³-hybridized carbons (Fsp3) is 0.476. The minimum absolute atomic E-state index is 0.0204. The number of nitrogens with zero attached hydrogens (tertiary/aromatic N) is 3. The van der Waals surface area contributed by atoms with Crippen molar-refractivity contribution >= 4 is 17.7 Å². The van der Waals surface area contributed by atoms with Crippen LogP contribution in [0.2, 0.25) is 0 Å². The van der Waals surface area contributed by atoms with Crippen molar-refractivity contribution in [3.8, 4) is 11.4 Å². The lowest BCUT2D eigenvalue weighted by Gasteiger charge is -2.40. The third-order valence-electron chi connectivity index (χ3n) is 5.63. The molecule has 1 aliphatic heterocycles. The van der Waals surface area contributed by atoms with Gasteiger partial charge in [0.25, 0.3) is 0 Å². The average molecular weight is 368 g/mol. The molecule has 4 rings (SSSR count). The molecule has 136 valence electrons. The molecule has 26 heavy (non-hydrogen) atoms. The molecule has 0 bridgehead atoms. The monoisotopic (exact) mass is 367 g/mol. The summed E-state index contributed by atoms with van der Waals surface area (Å²) in [6, 6.07) is 10.2. The summed E-state index contributed by atoms with van der Waals surface area (Å²) in [5.74, 6) is 2.66. The third kappa shape index (κ3) is 3.25. The number of aryl methyl sites for hydroxylation is 1. The summed E-state index contributed by atoms with van der Waals surface area (Å²) in [7, 11) is 0. The minimum Gasteiger partial charge on any atom is -0.341 e. The van der Waals surface area contributed by atoms with Gasteiger partial charge >= 0.3 is 0 Å². The molecular weight excluding hydrogens is 342 g/mol. The molecule has 2 aliphatic rings. The van der Waals surface area contributed by atoms with Crippen LogP contribution in [0.3, 0.4) is 0 Å². The highest BCUT2D eigenvalue weighted by Gasteiger charge is 2.44. The van der Waals surface area contributed by atoms with E-state index in [-0.39, 0.29) is 11.3 Å². The number of likely N-dealkylation sites (tertiary alicyclic amines) is 1. The van der Waals surface area contributed by atoms with E-state index in [4.69, 9.17) is 4.98 Å². The normalized spacial score (nSPS) is 21.8. The van der Waals surface area contributed by atoms with E-state index >= 15 is 0 Å².